The number of aryl methyl sites for hydroxylation is 2. The summed E-state index contributed by atoms with van der Waals surface area (Å²) in [5.74, 6) is 2.65. The molecule has 0 radical (unpaired) electrons. The predicted molar refractivity (Wildman–Crippen MR) is 124 cm³/mol. The third-order valence-corrected chi connectivity index (χ3v) is 7.22. The number of likely N-dealkylation sites (tertiary alicyclic amines) is 1. The third-order valence-electron chi connectivity index (χ3n) is 7.22. The molecule has 0 unspecified atom stereocenters. The number of amides is 1. The van der Waals surface area contributed by atoms with Crippen molar-refractivity contribution in [3.8, 4) is 11.3 Å². The van der Waals surface area contributed by atoms with Gasteiger partial charge in [0, 0.05) is 30.8 Å². The molecule has 3 heterocycles. The second-order valence-electron chi connectivity index (χ2n) is 9.60. The molecular formula is C25H37N5O2. The molecule has 2 aromatic rings. The second kappa shape index (κ2) is 10.6. The van der Waals surface area contributed by atoms with Crippen LogP contribution in [0, 0.1) is 19.8 Å². The number of aromatic nitrogens is 3. The van der Waals surface area contributed by atoms with Gasteiger partial charge in [-0.25, -0.2) is 9.97 Å². The summed E-state index contributed by atoms with van der Waals surface area (Å²) >= 11 is 0. The maximum absolute atomic E-state index is 12.6. The highest BCUT2D eigenvalue weighted by Gasteiger charge is 2.28. The van der Waals surface area contributed by atoms with Gasteiger partial charge >= 0.3 is 0 Å². The molecule has 1 saturated heterocycles. The normalized spacial score (nSPS) is 24.4. The number of piperidine rings is 1. The van der Waals surface area contributed by atoms with Gasteiger partial charge < -0.3 is 9.84 Å². The van der Waals surface area contributed by atoms with Crippen LogP contribution in [0.5, 0.6) is 0 Å². The first-order valence-electron chi connectivity index (χ1n) is 12.3. The maximum Gasteiger partial charge on any atom is 0.234 e. The summed E-state index contributed by atoms with van der Waals surface area (Å²) in [6, 6.07) is 2.52. The molecule has 7 nitrogen and oxygen atoms in total. The van der Waals surface area contributed by atoms with Crippen LogP contribution < -0.4 is 5.32 Å². The summed E-state index contributed by atoms with van der Waals surface area (Å²) < 4.78 is 5.50. The van der Waals surface area contributed by atoms with Crippen LogP contribution in [0.4, 0.5) is 0 Å². The van der Waals surface area contributed by atoms with Crippen molar-refractivity contribution in [1.82, 2.24) is 25.3 Å². The molecule has 0 bridgehead atoms. The molecule has 1 N–H and O–H groups in total. The van der Waals surface area contributed by atoms with Gasteiger partial charge in [0.25, 0.3) is 0 Å². The fraction of sp³-hybridized carbons (Fsp3) is 0.680. The molecule has 2 aliphatic rings. The molecule has 2 aromatic heterocycles. The zero-order chi connectivity index (χ0) is 22.5. The van der Waals surface area contributed by atoms with Crippen LogP contribution in [0.25, 0.3) is 11.3 Å². The molecular weight excluding hydrogens is 402 g/mol. The van der Waals surface area contributed by atoms with Crippen LogP contribution >= 0.6 is 0 Å². The number of carbonyl (C=O) groups excluding carboxylic acids is 1. The van der Waals surface area contributed by atoms with Gasteiger partial charge in [0.05, 0.1) is 23.5 Å². The number of hydrogen-bond donors (Lipinski definition) is 1. The Labute approximate surface area is 191 Å². The van der Waals surface area contributed by atoms with Crippen molar-refractivity contribution in [1.29, 1.82) is 0 Å². The van der Waals surface area contributed by atoms with E-state index in [2.05, 4.69) is 27.3 Å². The van der Waals surface area contributed by atoms with Crippen LogP contribution in [0.2, 0.25) is 0 Å². The SMILES string of the molecule is CC[C@@H]1CCCCN1CC(=O)NCC1CCC(c2nc(C)ncc2-c2cc(C)no2)CC1. The van der Waals surface area contributed by atoms with Gasteiger partial charge in [0.15, 0.2) is 5.76 Å². The van der Waals surface area contributed by atoms with Crippen molar-refractivity contribution in [2.45, 2.75) is 84.1 Å². The molecule has 32 heavy (non-hydrogen) atoms. The summed E-state index contributed by atoms with van der Waals surface area (Å²) in [5, 5.41) is 7.25. The van der Waals surface area contributed by atoms with Crippen LogP contribution in [0.3, 0.4) is 0 Å². The Morgan fingerprint density at radius 1 is 1.19 bits per heavy atom. The maximum atomic E-state index is 12.6. The van der Waals surface area contributed by atoms with Crippen LogP contribution in [0.1, 0.15) is 81.4 Å². The number of nitrogens with one attached hydrogen (secondary N) is 1. The van der Waals surface area contributed by atoms with Crippen LogP contribution in [0.15, 0.2) is 16.8 Å². The summed E-state index contributed by atoms with van der Waals surface area (Å²) in [4.78, 5) is 24.1. The van der Waals surface area contributed by atoms with Gasteiger partial charge in [-0.15, -0.1) is 0 Å². The standard InChI is InChI=1S/C25H37N5O2/c1-4-21-7-5-6-12-30(21)16-24(31)27-14-19-8-10-20(11-9-19)25-22(15-26-18(3)28-25)23-13-17(2)29-32-23/h13,15,19-21H,4-12,14,16H2,1-3H3,(H,27,31)/t19?,20?,21-/m1/s1. The van der Waals surface area contributed by atoms with Crippen molar-refractivity contribution < 1.29 is 9.32 Å². The first kappa shape index (κ1) is 22.9. The van der Waals surface area contributed by atoms with Crippen molar-refractivity contribution in [2.75, 3.05) is 19.6 Å². The van der Waals surface area contributed by atoms with Crippen LogP contribution in [-0.4, -0.2) is 51.6 Å². The minimum Gasteiger partial charge on any atom is -0.356 e. The lowest BCUT2D eigenvalue weighted by molar-refractivity contribution is -0.123. The van der Waals surface area contributed by atoms with Crippen molar-refractivity contribution in [2.24, 2.45) is 5.92 Å². The lowest BCUT2D eigenvalue weighted by atomic mass is 9.79. The van der Waals surface area contributed by atoms with Gasteiger partial charge in [-0.05, 0) is 71.3 Å². The minimum atomic E-state index is 0.182. The van der Waals surface area contributed by atoms with Gasteiger partial charge in [0.1, 0.15) is 5.82 Å². The highest BCUT2D eigenvalue weighted by molar-refractivity contribution is 5.78. The quantitative estimate of drug-likeness (QED) is 0.688. The molecule has 1 aliphatic heterocycles. The molecule has 1 aliphatic carbocycles. The first-order valence-corrected chi connectivity index (χ1v) is 12.3. The molecule has 0 aromatic carbocycles. The van der Waals surface area contributed by atoms with Crippen molar-refractivity contribution >= 4 is 5.91 Å². The smallest absolute Gasteiger partial charge is 0.234 e. The molecule has 1 saturated carbocycles. The van der Waals surface area contributed by atoms with E-state index in [0.717, 1.165) is 73.7 Å². The number of hydrogen-bond acceptors (Lipinski definition) is 6. The van der Waals surface area contributed by atoms with Crippen molar-refractivity contribution in [3.05, 3.63) is 29.5 Å². The molecule has 174 valence electrons. The van der Waals surface area contributed by atoms with Crippen LogP contribution in [-0.2, 0) is 4.79 Å². The zero-order valence-electron chi connectivity index (χ0n) is 19.8. The first-order chi connectivity index (χ1) is 15.5. The Morgan fingerprint density at radius 2 is 2.00 bits per heavy atom. The predicted octanol–water partition coefficient (Wildman–Crippen LogP) is 4.40. The fourth-order valence-electron chi connectivity index (χ4n) is 5.35. The van der Waals surface area contributed by atoms with E-state index < -0.39 is 0 Å². The van der Waals surface area contributed by atoms with Gasteiger partial charge in [0.2, 0.25) is 5.91 Å². The van der Waals surface area contributed by atoms with E-state index in [4.69, 9.17) is 9.51 Å². The lowest BCUT2D eigenvalue weighted by Crippen LogP contribution is -2.46. The largest absolute Gasteiger partial charge is 0.356 e. The van der Waals surface area contributed by atoms with E-state index in [-0.39, 0.29) is 5.91 Å². The van der Waals surface area contributed by atoms with Gasteiger partial charge in [-0.3, -0.25) is 9.69 Å². The summed E-state index contributed by atoms with van der Waals surface area (Å²) in [6.45, 7) is 8.48. The highest BCUT2D eigenvalue weighted by Crippen LogP contribution is 2.38. The van der Waals surface area contributed by atoms with Gasteiger partial charge in [-0.2, -0.15) is 0 Å². The Kier molecular flexibility index (Phi) is 7.55. The molecule has 2 fully saturated rings. The molecule has 1 atom stereocenters. The highest BCUT2D eigenvalue weighted by atomic mass is 16.5. The van der Waals surface area contributed by atoms with E-state index in [1.165, 1.54) is 19.3 Å². The molecule has 1 amide bonds. The topological polar surface area (TPSA) is 84.2 Å². The number of nitrogens with zero attached hydrogens (tertiary/aromatic N) is 4. The molecule has 0 spiro atoms. The lowest BCUT2D eigenvalue weighted by Gasteiger charge is -2.35. The fourth-order valence-corrected chi connectivity index (χ4v) is 5.35. The van der Waals surface area contributed by atoms with E-state index in [1.807, 2.05) is 26.1 Å². The summed E-state index contributed by atoms with van der Waals surface area (Å²) in [7, 11) is 0. The monoisotopic (exact) mass is 439 g/mol. The zero-order valence-corrected chi connectivity index (χ0v) is 19.8. The Hall–Kier alpha value is -2.28. The molecule has 7 heteroatoms. The Balaban J connectivity index is 1.29. The average Bonchev–Trinajstić information content (AvgIpc) is 3.24. The van der Waals surface area contributed by atoms with E-state index >= 15 is 0 Å². The number of rotatable bonds is 7. The van der Waals surface area contributed by atoms with Gasteiger partial charge in [-0.1, -0.05) is 18.5 Å². The Morgan fingerprint density at radius 3 is 2.72 bits per heavy atom. The van der Waals surface area contributed by atoms with Crippen molar-refractivity contribution in [3.63, 3.8) is 0 Å². The van der Waals surface area contributed by atoms with E-state index in [9.17, 15) is 4.79 Å². The second-order valence-corrected chi connectivity index (χ2v) is 9.60. The minimum absolute atomic E-state index is 0.182. The molecule has 4 rings (SSSR count). The van der Waals surface area contributed by atoms with E-state index in [0.29, 0.717) is 24.4 Å². The third kappa shape index (κ3) is 5.55. The summed E-state index contributed by atoms with van der Waals surface area (Å²) in [5.41, 5.74) is 2.90. The summed E-state index contributed by atoms with van der Waals surface area (Å²) in [6.07, 6.45) is 11.1. The average molecular weight is 440 g/mol. The number of carbonyl (C=O) groups is 1. The van der Waals surface area contributed by atoms with E-state index in [1.54, 1.807) is 0 Å². The Bertz CT molecular complexity index is 903.